The molecule has 1 saturated heterocycles. The quantitative estimate of drug-likeness (QED) is 0.719. The molecule has 1 atom stereocenters. The summed E-state index contributed by atoms with van der Waals surface area (Å²) in [6, 6.07) is 0.895. The van der Waals surface area contributed by atoms with Crippen molar-refractivity contribution in [2.24, 2.45) is 17.8 Å². The van der Waals surface area contributed by atoms with Gasteiger partial charge in [0.05, 0.1) is 0 Å². The molecule has 3 rings (SSSR count). The van der Waals surface area contributed by atoms with Gasteiger partial charge in [0.1, 0.15) is 0 Å². The van der Waals surface area contributed by atoms with E-state index < -0.39 is 0 Å². The van der Waals surface area contributed by atoms with Crippen molar-refractivity contribution in [2.75, 3.05) is 19.6 Å². The number of nitrogens with one attached hydrogen (secondary N) is 2. The number of rotatable bonds is 5. The van der Waals surface area contributed by atoms with Gasteiger partial charge in [-0.1, -0.05) is 0 Å². The van der Waals surface area contributed by atoms with Crippen LogP contribution in [0.2, 0.25) is 0 Å². The van der Waals surface area contributed by atoms with Crippen molar-refractivity contribution < 1.29 is 0 Å². The molecule has 2 nitrogen and oxygen atoms in total. The SMILES string of the molecule is C1CNCC(CNC(C2CC2)C2CC2)C1. The molecule has 86 valence electrons. The Balaban J connectivity index is 1.42. The topological polar surface area (TPSA) is 24.1 Å². The van der Waals surface area contributed by atoms with Crippen molar-refractivity contribution in [3.05, 3.63) is 0 Å². The van der Waals surface area contributed by atoms with Crippen LogP contribution >= 0.6 is 0 Å². The lowest BCUT2D eigenvalue weighted by Gasteiger charge is -2.26. The van der Waals surface area contributed by atoms with Crippen LogP contribution in [0.1, 0.15) is 38.5 Å². The normalized spacial score (nSPS) is 32.2. The van der Waals surface area contributed by atoms with E-state index in [0.717, 1.165) is 23.8 Å². The Kier molecular flexibility index (Phi) is 2.98. The monoisotopic (exact) mass is 208 g/mol. The van der Waals surface area contributed by atoms with Gasteiger partial charge in [-0.2, -0.15) is 0 Å². The van der Waals surface area contributed by atoms with E-state index in [1.807, 2.05) is 0 Å². The molecule has 2 N–H and O–H groups in total. The second kappa shape index (κ2) is 4.42. The first-order valence-corrected chi connectivity index (χ1v) is 6.87. The minimum Gasteiger partial charge on any atom is -0.316 e. The Morgan fingerprint density at radius 2 is 1.80 bits per heavy atom. The molecule has 3 aliphatic rings. The van der Waals surface area contributed by atoms with E-state index in [0.29, 0.717) is 0 Å². The predicted molar refractivity (Wildman–Crippen MR) is 62.8 cm³/mol. The summed E-state index contributed by atoms with van der Waals surface area (Å²) in [6.45, 7) is 3.75. The molecular weight excluding hydrogens is 184 g/mol. The molecule has 15 heavy (non-hydrogen) atoms. The van der Waals surface area contributed by atoms with Crippen molar-refractivity contribution >= 4 is 0 Å². The van der Waals surface area contributed by atoms with Gasteiger partial charge < -0.3 is 10.6 Å². The highest BCUT2D eigenvalue weighted by Gasteiger charge is 2.41. The first kappa shape index (κ1) is 10.1. The van der Waals surface area contributed by atoms with Crippen LogP contribution in [-0.4, -0.2) is 25.7 Å². The van der Waals surface area contributed by atoms with Gasteiger partial charge in [-0.15, -0.1) is 0 Å². The van der Waals surface area contributed by atoms with Gasteiger partial charge in [0.15, 0.2) is 0 Å². The van der Waals surface area contributed by atoms with E-state index in [9.17, 15) is 0 Å². The van der Waals surface area contributed by atoms with Crippen molar-refractivity contribution in [3.8, 4) is 0 Å². The third-order valence-corrected chi connectivity index (χ3v) is 4.30. The van der Waals surface area contributed by atoms with Crippen LogP contribution in [0.25, 0.3) is 0 Å². The Bertz CT molecular complexity index is 191. The first-order chi connectivity index (χ1) is 7.43. The summed E-state index contributed by atoms with van der Waals surface area (Å²) >= 11 is 0. The summed E-state index contributed by atoms with van der Waals surface area (Å²) in [7, 11) is 0. The minimum absolute atomic E-state index is 0.895. The van der Waals surface area contributed by atoms with Crippen molar-refractivity contribution in [1.29, 1.82) is 0 Å². The fraction of sp³-hybridized carbons (Fsp3) is 1.00. The Morgan fingerprint density at radius 1 is 1.07 bits per heavy atom. The van der Waals surface area contributed by atoms with Gasteiger partial charge in [0.2, 0.25) is 0 Å². The van der Waals surface area contributed by atoms with Crippen LogP contribution in [0.4, 0.5) is 0 Å². The predicted octanol–water partition coefficient (Wildman–Crippen LogP) is 1.76. The lowest BCUT2D eigenvalue weighted by Crippen LogP contribution is -2.41. The summed E-state index contributed by atoms with van der Waals surface area (Å²) in [6.07, 6.45) is 8.80. The smallest absolute Gasteiger partial charge is 0.0124 e. The van der Waals surface area contributed by atoms with Crippen LogP contribution < -0.4 is 10.6 Å². The zero-order chi connectivity index (χ0) is 10.1. The van der Waals surface area contributed by atoms with E-state index >= 15 is 0 Å². The Hall–Kier alpha value is -0.0800. The summed E-state index contributed by atoms with van der Waals surface area (Å²) in [5.41, 5.74) is 0. The van der Waals surface area contributed by atoms with E-state index in [-0.39, 0.29) is 0 Å². The average molecular weight is 208 g/mol. The van der Waals surface area contributed by atoms with Gasteiger partial charge in [-0.05, 0) is 75.9 Å². The maximum Gasteiger partial charge on any atom is 0.0124 e. The molecule has 2 aliphatic carbocycles. The first-order valence-electron chi connectivity index (χ1n) is 6.87. The van der Waals surface area contributed by atoms with Crippen molar-refractivity contribution in [1.82, 2.24) is 10.6 Å². The summed E-state index contributed by atoms with van der Waals surface area (Å²) < 4.78 is 0. The maximum absolute atomic E-state index is 3.87. The van der Waals surface area contributed by atoms with Crippen LogP contribution in [0.5, 0.6) is 0 Å². The molecule has 1 unspecified atom stereocenters. The van der Waals surface area contributed by atoms with E-state index in [2.05, 4.69) is 10.6 Å². The van der Waals surface area contributed by atoms with Gasteiger partial charge in [-0.25, -0.2) is 0 Å². The standard InChI is InChI=1S/C13H24N2/c1-2-10(8-14-7-1)9-15-13(11-3-4-11)12-5-6-12/h10-15H,1-9H2. The molecule has 2 saturated carbocycles. The van der Waals surface area contributed by atoms with Crippen molar-refractivity contribution in [3.63, 3.8) is 0 Å². The number of piperidine rings is 1. The lowest BCUT2D eigenvalue weighted by molar-refractivity contribution is 0.320. The molecule has 3 fully saturated rings. The molecule has 0 aromatic carbocycles. The summed E-state index contributed by atoms with van der Waals surface area (Å²) in [5.74, 6) is 3.00. The van der Waals surface area contributed by atoms with Crippen LogP contribution in [-0.2, 0) is 0 Å². The van der Waals surface area contributed by atoms with Gasteiger partial charge in [-0.3, -0.25) is 0 Å². The third-order valence-electron chi connectivity index (χ3n) is 4.30. The zero-order valence-electron chi connectivity index (χ0n) is 9.67. The van der Waals surface area contributed by atoms with Crippen LogP contribution in [0.15, 0.2) is 0 Å². The third kappa shape index (κ3) is 2.73. The highest BCUT2D eigenvalue weighted by Crippen LogP contribution is 2.44. The molecule has 0 aromatic heterocycles. The molecular formula is C13H24N2. The molecule has 0 spiro atoms. The van der Waals surface area contributed by atoms with Gasteiger partial charge >= 0.3 is 0 Å². The molecule has 0 aromatic rings. The molecule has 1 aliphatic heterocycles. The largest absolute Gasteiger partial charge is 0.316 e. The fourth-order valence-corrected chi connectivity index (χ4v) is 3.03. The average Bonchev–Trinajstić information content (AvgIpc) is 3.14. The number of hydrogen-bond acceptors (Lipinski definition) is 2. The lowest BCUT2D eigenvalue weighted by atomic mass is 9.98. The zero-order valence-corrected chi connectivity index (χ0v) is 9.67. The molecule has 2 heteroatoms. The van der Waals surface area contributed by atoms with Gasteiger partial charge in [0, 0.05) is 6.04 Å². The molecule has 0 radical (unpaired) electrons. The summed E-state index contributed by atoms with van der Waals surface area (Å²) in [5, 5.41) is 7.38. The molecule has 0 amide bonds. The fourth-order valence-electron chi connectivity index (χ4n) is 3.03. The molecule has 1 heterocycles. The minimum atomic E-state index is 0.895. The second-order valence-corrected chi connectivity index (χ2v) is 5.82. The van der Waals surface area contributed by atoms with Crippen LogP contribution in [0, 0.1) is 17.8 Å². The highest BCUT2D eigenvalue weighted by atomic mass is 15.0. The summed E-state index contributed by atoms with van der Waals surface area (Å²) in [4.78, 5) is 0. The van der Waals surface area contributed by atoms with Gasteiger partial charge in [0.25, 0.3) is 0 Å². The van der Waals surface area contributed by atoms with E-state index in [4.69, 9.17) is 0 Å². The second-order valence-electron chi connectivity index (χ2n) is 5.82. The Morgan fingerprint density at radius 3 is 2.33 bits per heavy atom. The Labute approximate surface area is 93.2 Å². The molecule has 0 bridgehead atoms. The van der Waals surface area contributed by atoms with Crippen LogP contribution in [0.3, 0.4) is 0 Å². The maximum atomic E-state index is 3.87. The van der Waals surface area contributed by atoms with E-state index in [1.54, 1.807) is 0 Å². The number of hydrogen-bond donors (Lipinski definition) is 2. The highest BCUT2D eigenvalue weighted by molar-refractivity contribution is 4.96. The van der Waals surface area contributed by atoms with E-state index in [1.165, 1.54) is 58.2 Å². The van der Waals surface area contributed by atoms with Crippen molar-refractivity contribution in [2.45, 2.75) is 44.6 Å².